The summed E-state index contributed by atoms with van der Waals surface area (Å²) in [6, 6.07) is 13.5. The predicted octanol–water partition coefficient (Wildman–Crippen LogP) is 2.76. The maximum absolute atomic E-state index is 12.1. The number of urea groups is 1. The molecule has 0 bridgehead atoms. The number of nitrogens with one attached hydrogen (secondary N) is 2. The molecule has 1 heterocycles. The highest BCUT2D eigenvalue weighted by atomic mass is 32.2. The van der Waals surface area contributed by atoms with Crippen LogP contribution in [0.2, 0.25) is 0 Å². The highest BCUT2D eigenvalue weighted by Gasteiger charge is 2.39. The van der Waals surface area contributed by atoms with Crippen molar-refractivity contribution in [1.82, 2.24) is 5.32 Å². The van der Waals surface area contributed by atoms with Gasteiger partial charge in [0.15, 0.2) is 9.84 Å². The van der Waals surface area contributed by atoms with Crippen molar-refractivity contribution >= 4 is 27.2 Å². The molecule has 1 unspecified atom stereocenters. The third kappa shape index (κ3) is 4.66. The van der Waals surface area contributed by atoms with Gasteiger partial charge in [-0.2, -0.15) is 0 Å². The Bertz CT molecular complexity index is 895. The van der Waals surface area contributed by atoms with E-state index in [0.717, 1.165) is 0 Å². The lowest BCUT2D eigenvalue weighted by Gasteiger charge is -2.24. The van der Waals surface area contributed by atoms with Gasteiger partial charge in [0.1, 0.15) is 11.5 Å². The molecule has 1 aliphatic rings. The molecule has 2 aromatic carbocycles. The van der Waals surface area contributed by atoms with Crippen LogP contribution in [0.4, 0.5) is 16.2 Å². The van der Waals surface area contributed by atoms with Crippen LogP contribution in [-0.4, -0.2) is 31.5 Å². The van der Waals surface area contributed by atoms with Crippen LogP contribution >= 0.6 is 0 Å². The molecule has 2 amide bonds. The molecule has 0 aromatic heterocycles. The first-order valence-corrected chi connectivity index (χ1v) is 9.98. The number of anilines is 2. The summed E-state index contributed by atoms with van der Waals surface area (Å²) < 4.78 is 28.9. The number of benzene rings is 2. The summed E-state index contributed by atoms with van der Waals surface area (Å²) in [5.41, 5.74) is 6.14. The van der Waals surface area contributed by atoms with Gasteiger partial charge in [-0.1, -0.05) is 0 Å². The van der Waals surface area contributed by atoms with E-state index in [2.05, 4.69) is 10.6 Å². The molecule has 0 radical (unpaired) electrons. The van der Waals surface area contributed by atoms with Crippen LogP contribution in [0.1, 0.15) is 13.3 Å². The largest absolute Gasteiger partial charge is 0.457 e. The van der Waals surface area contributed by atoms with Crippen molar-refractivity contribution < 1.29 is 17.9 Å². The maximum Gasteiger partial charge on any atom is 0.319 e. The van der Waals surface area contributed by atoms with Gasteiger partial charge < -0.3 is 21.1 Å². The zero-order chi connectivity index (χ0) is 18.8. The quantitative estimate of drug-likeness (QED) is 0.712. The summed E-state index contributed by atoms with van der Waals surface area (Å²) >= 11 is 0. The van der Waals surface area contributed by atoms with Crippen LogP contribution < -0.4 is 21.1 Å². The normalized spacial score (nSPS) is 21.1. The van der Waals surface area contributed by atoms with Crippen LogP contribution in [0, 0.1) is 0 Å². The SMILES string of the molecule is CC1(NC(=O)Nc2ccc(Oc3ccc(N)cc3)cc2)CCS(=O)(=O)C1. The fourth-order valence-electron chi connectivity index (χ4n) is 2.82. The highest BCUT2D eigenvalue weighted by molar-refractivity contribution is 7.91. The number of carbonyl (C=O) groups excluding carboxylic acids is 1. The van der Waals surface area contributed by atoms with Crippen molar-refractivity contribution in [2.24, 2.45) is 0 Å². The van der Waals surface area contributed by atoms with Gasteiger partial charge in [0.2, 0.25) is 0 Å². The molecule has 3 rings (SSSR count). The van der Waals surface area contributed by atoms with Gasteiger partial charge in [-0.25, -0.2) is 13.2 Å². The van der Waals surface area contributed by atoms with E-state index in [9.17, 15) is 13.2 Å². The number of carbonyl (C=O) groups is 1. The van der Waals surface area contributed by atoms with Crippen LogP contribution in [0.25, 0.3) is 0 Å². The molecule has 0 spiro atoms. The zero-order valence-corrected chi connectivity index (χ0v) is 15.2. The Labute approximate surface area is 152 Å². The zero-order valence-electron chi connectivity index (χ0n) is 14.4. The molecule has 1 aliphatic heterocycles. The number of rotatable bonds is 4. The summed E-state index contributed by atoms with van der Waals surface area (Å²) in [6.45, 7) is 1.74. The topological polar surface area (TPSA) is 111 Å². The Balaban J connectivity index is 1.57. The van der Waals surface area contributed by atoms with Gasteiger partial charge in [-0.15, -0.1) is 0 Å². The molecule has 138 valence electrons. The first-order valence-electron chi connectivity index (χ1n) is 8.16. The number of sulfone groups is 1. The Morgan fingerprint density at radius 1 is 1.08 bits per heavy atom. The lowest BCUT2D eigenvalue weighted by atomic mass is 10.0. The second-order valence-corrected chi connectivity index (χ2v) is 8.86. The maximum atomic E-state index is 12.1. The number of hydrogen-bond acceptors (Lipinski definition) is 5. The number of hydrogen-bond donors (Lipinski definition) is 3. The van der Waals surface area contributed by atoms with Gasteiger partial charge in [-0.3, -0.25) is 0 Å². The summed E-state index contributed by atoms with van der Waals surface area (Å²) in [7, 11) is -3.08. The van der Waals surface area contributed by atoms with Gasteiger partial charge in [-0.05, 0) is 61.9 Å². The van der Waals surface area contributed by atoms with E-state index >= 15 is 0 Å². The molecule has 0 aliphatic carbocycles. The van der Waals surface area contributed by atoms with E-state index < -0.39 is 21.4 Å². The standard InChI is InChI=1S/C18H21N3O4S/c1-18(10-11-26(23,24)12-18)21-17(22)20-14-4-8-16(9-5-14)25-15-6-2-13(19)3-7-15/h2-9H,10-12,19H2,1H3,(H2,20,21,22). The summed E-state index contributed by atoms with van der Waals surface area (Å²) in [4.78, 5) is 12.1. The van der Waals surface area contributed by atoms with E-state index in [4.69, 9.17) is 10.5 Å². The van der Waals surface area contributed by atoms with Gasteiger partial charge in [0, 0.05) is 11.4 Å². The van der Waals surface area contributed by atoms with E-state index in [1.54, 1.807) is 55.5 Å². The van der Waals surface area contributed by atoms with Crippen LogP contribution in [0.3, 0.4) is 0 Å². The molecule has 8 heteroatoms. The van der Waals surface area contributed by atoms with E-state index in [1.165, 1.54) is 0 Å². The lowest BCUT2D eigenvalue weighted by Crippen LogP contribution is -2.48. The average molecular weight is 375 g/mol. The first kappa shape index (κ1) is 18.1. The average Bonchev–Trinajstić information content (AvgIpc) is 2.84. The number of nitrogens with two attached hydrogens (primary N) is 1. The lowest BCUT2D eigenvalue weighted by molar-refractivity contribution is 0.242. The third-order valence-corrected chi connectivity index (χ3v) is 6.05. The van der Waals surface area contributed by atoms with E-state index in [0.29, 0.717) is 29.3 Å². The molecule has 2 aromatic rings. The molecule has 0 saturated carbocycles. The van der Waals surface area contributed by atoms with Crippen molar-refractivity contribution in [1.29, 1.82) is 0 Å². The minimum atomic E-state index is -3.08. The van der Waals surface area contributed by atoms with Gasteiger partial charge in [0.25, 0.3) is 0 Å². The molecule has 7 nitrogen and oxygen atoms in total. The number of nitrogen functional groups attached to an aromatic ring is 1. The second kappa shape index (κ2) is 6.87. The summed E-state index contributed by atoms with van der Waals surface area (Å²) in [6.07, 6.45) is 0.414. The van der Waals surface area contributed by atoms with E-state index in [-0.39, 0.29) is 11.5 Å². The Hall–Kier alpha value is -2.74. The Morgan fingerprint density at radius 3 is 2.19 bits per heavy atom. The monoisotopic (exact) mass is 375 g/mol. The van der Waals surface area contributed by atoms with Crippen LogP contribution in [0.15, 0.2) is 48.5 Å². The minimum Gasteiger partial charge on any atom is -0.457 e. The number of amides is 2. The molecule has 4 N–H and O–H groups in total. The molecule has 1 saturated heterocycles. The Morgan fingerprint density at radius 2 is 1.65 bits per heavy atom. The fraction of sp³-hybridized carbons (Fsp3) is 0.278. The van der Waals surface area contributed by atoms with Crippen molar-refractivity contribution in [2.45, 2.75) is 18.9 Å². The molecule has 1 atom stereocenters. The summed E-state index contributed by atoms with van der Waals surface area (Å²) in [5.74, 6) is 1.34. The molecular weight excluding hydrogens is 354 g/mol. The highest BCUT2D eigenvalue weighted by Crippen LogP contribution is 2.25. The molecular formula is C18H21N3O4S. The van der Waals surface area contributed by atoms with Gasteiger partial charge >= 0.3 is 6.03 Å². The van der Waals surface area contributed by atoms with Gasteiger partial charge in [0.05, 0.1) is 17.0 Å². The molecule has 26 heavy (non-hydrogen) atoms. The molecule has 1 fully saturated rings. The van der Waals surface area contributed by atoms with Crippen molar-refractivity contribution in [3.63, 3.8) is 0 Å². The third-order valence-electron chi connectivity index (χ3n) is 4.15. The van der Waals surface area contributed by atoms with Crippen LogP contribution in [0.5, 0.6) is 11.5 Å². The van der Waals surface area contributed by atoms with E-state index in [1.807, 2.05) is 0 Å². The second-order valence-electron chi connectivity index (χ2n) is 6.68. The summed E-state index contributed by atoms with van der Waals surface area (Å²) in [5, 5.41) is 5.45. The number of ether oxygens (including phenoxy) is 1. The van der Waals surface area contributed by atoms with Crippen molar-refractivity contribution in [3.8, 4) is 11.5 Å². The predicted molar refractivity (Wildman–Crippen MR) is 101 cm³/mol. The van der Waals surface area contributed by atoms with Crippen molar-refractivity contribution in [3.05, 3.63) is 48.5 Å². The fourth-order valence-corrected chi connectivity index (χ4v) is 4.92. The van der Waals surface area contributed by atoms with Crippen molar-refractivity contribution in [2.75, 3.05) is 22.6 Å². The minimum absolute atomic E-state index is 0.0399. The first-order chi connectivity index (χ1) is 12.2. The Kier molecular flexibility index (Phi) is 4.78. The van der Waals surface area contributed by atoms with Crippen LogP contribution in [-0.2, 0) is 9.84 Å². The smallest absolute Gasteiger partial charge is 0.319 e.